The van der Waals surface area contributed by atoms with Gasteiger partial charge in [-0.2, -0.15) is 13.2 Å². The van der Waals surface area contributed by atoms with Crippen LogP contribution in [0.2, 0.25) is 0 Å². The highest BCUT2D eigenvalue weighted by Gasteiger charge is 2.34. The minimum atomic E-state index is -4.65. The SMILES string of the molecule is CCNC(=O)Nc1cc(-c2nc(C(F)(F)F)cs2)c(-c2cncc(C(=O)NNC(=O)N3CCC(O)CC3)c2)cn1. The standard InChI is InChI=1S/C24H25F3N8O4S/c1-2-29-22(38)32-19-8-16(21-31-18(12-40-21)24(25,26)27)17(11-30-19)13-7-14(10-28-9-13)20(37)33-34-23(39)35-5-3-15(36)4-6-35/h7-12,15,36H,2-6H2,1H3,(H,33,37)(H,34,39)(H2,29,30,32,38). The number of aliphatic hydroxyl groups is 1. The van der Waals surface area contributed by atoms with Crippen molar-refractivity contribution in [3.8, 4) is 21.7 Å². The van der Waals surface area contributed by atoms with E-state index in [9.17, 15) is 32.7 Å². The summed E-state index contributed by atoms with van der Waals surface area (Å²) in [5.41, 5.74) is 4.47. The van der Waals surface area contributed by atoms with Crippen LogP contribution in [0, 0.1) is 0 Å². The molecule has 0 aromatic carbocycles. The number of aliphatic hydroxyl groups excluding tert-OH is 1. The molecule has 1 saturated heterocycles. The third-order valence-electron chi connectivity index (χ3n) is 5.85. The van der Waals surface area contributed by atoms with Gasteiger partial charge in [0.1, 0.15) is 10.8 Å². The van der Waals surface area contributed by atoms with Crippen molar-refractivity contribution in [2.24, 2.45) is 0 Å². The van der Waals surface area contributed by atoms with Crippen molar-refractivity contribution in [2.45, 2.75) is 32.0 Å². The molecule has 1 fully saturated rings. The van der Waals surface area contributed by atoms with E-state index < -0.39 is 35.9 Å². The van der Waals surface area contributed by atoms with Gasteiger partial charge in [-0.05, 0) is 31.9 Å². The van der Waals surface area contributed by atoms with E-state index in [4.69, 9.17) is 0 Å². The lowest BCUT2D eigenvalue weighted by atomic mass is 10.0. The van der Waals surface area contributed by atoms with E-state index in [0.29, 0.717) is 43.6 Å². The Kier molecular flexibility index (Phi) is 8.79. The normalized spacial score (nSPS) is 14.0. The predicted molar refractivity (Wildman–Crippen MR) is 139 cm³/mol. The summed E-state index contributed by atoms with van der Waals surface area (Å²) in [6.45, 7) is 2.75. The van der Waals surface area contributed by atoms with Crippen LogP contribution in [0.3, 0.4) is 0 Å². The molecule has 0 spiro atoms. The number of nitrogens with one attached hydrogen (secondary N) is 4. The molecular weight excluding hydrogens is 553 g/mol. The number of halogens is 3. The smallest absolute Gasteiger partial charge is 0.393 e. The first kappa shape index (κ1) is 28.7. The molecule has 0 saturated carbocycles. The van der Waals surface area contributed by atoms with E-state index in [1.54, 1.807) is 6.92 Å². The first-order chi connectivity index (χ1) is 19.0. The molecule has 1 aliphatic heterocycles. The predicted octanol–water partition coefficient (Wildman–Crippen LogP) is 3.24. The van der Waals surface area contributed by atoms with Gasteiger partial charge in [0.05, 0.1) is 11.7 Å². The molecule has 1 aliphatic rings. The van der Waals surface area contributed by atoms with Crippen molar-refractivity contribution in [2.75, 3.05) is 25.0 Å². The minimum Gasteiger partial charge on any atom is -0.393 e. The van der Waals surface area contributed by atoms with E-state index in [0.717, 1.165) is 16.7 Å². The van der Waals surface area contributed by atoms with Gasteiger partial charge in [0, 0.05) is 60.3 Å². The van der Waals surface area contributed by atoms with Gasteiger partial charge in [-0.1, -0.05) is 0 Å². The van der Waals surface area contributed by atoms with Crippen molar-refractivity contribution < 1.29 is 32.7 Å². The van der Waals surface area contributed by atoms with Crippen molar-refractivity contribution in [1.29, 1.82) is 0 Å². The summed E-state index contributed by atoms with van der Waals surface area (Å²) in [5.74, 6) is -0.611. The molecule has 5 amide bonds. The number of hydrazine groups is 1. The fraction of sp³-hybridized carbons (Fsp3) is 0.333. The summed E-state index contributed by atoms with van der Waals surface area (Å²) in [6.07, 6.45) is -0.265. The quantitative estimate of drug-likeness (QED) is 0.291. The van der Waals surface area contributed by atoms with Crippen molar-refractivity contribution in [3.05, 3.63) is 47.4 Å². The van der Waals surface area contributed by atoms with E-state index in [1.807, 2.05) is 0 Å². The van der Waals surface area contributed by atoms with Gasteiger partial charge in [-0.25, -0.2) is 25.0 Å². The molecule has 3 aromatic rings. The number of piperidine rings is 1. The van der Waals surface area contributed by atoms with Crippen LogP contribution in [0.1, 0.15) is 35.8 Å². The van der Waals surface area contributed by atoms with Crippen LogP contribution >= 0.6 is 11.3 Å². The number of aromatic nitrogens is 3. The van der Waals surface area contributed by atoms with E-state index in [1.165, 1.54) is 35.6 Å². The number of nitrogens with zero attached hydrogens (tertiary/aromatic N) is 4. The Morgan fingerprint density at radius 2 is 1.85 bits per heavy atom. The van der Waals surface area contributed by atoms with Gasteiger partial charge >= 0.3 is 18.2 Å². The third kappa shape index (κ3) is 7.01. The van der Waals surface area contributed by atoms with Gasteiger partial charge in [-0.15, -0.1) is 11.3 Å². The van der Waals surface area contributed by atoms with E-state index in [-0.39, 0.29) is 22.0 Å². The molecule has 4 heterocycles. The van der Waals surface area contributed by atoms with Gasteiger partial charge in [0.15, 0.2) is 5.69 Å². The Labute approximate surface area is 230 Å². The number of pyridine rings is 2. The summed E-state index contributed by atoms with van der Waals surface area (Å²) < 4.78 is 39.8. The molecule has 3 aromatic heterocycles. The topological polar surface area (TPSA) is 161 Å². The number of thiazole rings is 1. The fourth-order valence-corrected chi connectivity index (χ4v) is 4.68. The molecule has 0 bridgehead atoms. The maximum Gasteiger partial charge on any atom is 0.434 e. The van der Waals surface area contributed by atoms with Gasteiger partial charge in [0.2, 0.25) is 0 Å². The number of hydrogen-bond donors (Lipinski definition) is 5. The Morgan fingerprint density at radius 1 is 1.10 bits per heavy atom. The number of rotatable bonds is 5. The summed E-state index contributed by atoms with van der Waals surface area (Å²) in [6, 6.07) is 1.73. The zero-order valence-corrected chi connectivity index (χ0v) is 21.9. The van der Waals surface area contributed by atoms with Crippen LogP contribution in [0.15, 0.2) is 36.1 Å². The number of carbonyl (C=O) groups excluding carboxylic acids is 3. The number of urea groups is 2. The Bertz CT molecular complexity index is 1390. The molecule has 0 unspecified atom stereocenters. The molecule has 12 nitrogen and oxygen atoms in total. The fourth-order valence-electron chi connectivity index (χ4n) is 3.82. The van der Waals surface area contributed by atoms with Crippen LogP contribution in [-0.4, -0.2) is 68.7 Å². The highest BCUT2D eigenvalue weighted by molar-refractivity contribution is 7.13. The van der Waals surface area contributed by atoms with Crippen LogP contribution in [0.25, 0.3) is 21.7 Å². The number of alkyl halides is 3. The maximum absolute atomic E-state index is 13.3. The number of likely N-dealkylation sites (tertiary alicyclic amines) is 1. The lowest BCUT2D eigenvalue weighted by Crippen LogP contribution is -2.51. The average molecular weight is 579 g/mol. The maximum atomic E-state index is 13.3. The van der Waals surface area contributed by atoms with Crippen molar-refractivity contribution >= 4 is 35.1 Å². The van der Waals surface area contributed by atoms with Gasteiger partial charge < -0.3 is 15.3 Å². The first-order valence-corrected chi connectivity index (χ1v) is 13.0. The molecule has 0 radical (unpaired) electrons. The summed E-state index contributed by atoms with van der Waals surface area (Å²) in [7, 11) is 0. The second-order valence-electron chi connectivity index (χ2n) is 8.70. The largest absolute Gasteiger partial charge is 0.434 e. The number of anilines is 1. The highest BCUT2D eigenvalue weighted by Crippen LogP contribution is 2.38. The van der Waals surface area contributed by atoms with Gasteiger partial charge in [-0.3, -0.25) is 20.5 Å². The van der Waals surface area contributed by atoms with Crippen LogP contribution < -0.4 is 21.5 Å². The monoisotopic (exact) mass is 578 g/mol. The van der Waals surface area contributed by atoms with Crippen molar-refractivity contribution in [1.82, 2.24) is 36.0 Å². The van der Waals surface area contributed by atoms with Crippen LogP contribution in [0.5, 0.6) is 0 Å². The van der Waals surface area contributed by atoms with Crippen molar-refractivity contribution in [3.63, 3.8) is 0 Å². The minimum absolute atomic E-state index is 0.0115. The lowest BCUT2D eigenvalue weighted by molar-refractivity contribution is -0.140. The molecule has 5 N–H and O–H groups in total. The molecule has 16 heteroatoms. The Morgan fingerprint density at radius 3 is 2.52 bits per heavy atom. The van der Waals surface area contributed by atoms with Crippen LogP contribution in [-0.2, 0) is 6.18 Å². The number of carbonyl (C=O) groups is 3. The number of amides is 5. The zero-order valence-electron chi connectivity index (χ0n) is 21.1. The third-order valence-corrected chi connectivity index (χ3v) is 6.73. The second kappa shape index (κ2) is 12.3. The van der Waals surface area contributed by atoms with E-state index >= 15 is 0 Å². The molecule has 4 rings (SSSR count). The number of hydrogen-bond acceptors (Lipinski definition) is 8. The molecule has 0 aliphatic carbocycles. The molecule has 0 atom stereocenters. The van der Waals surface area contributed by atoms with E-state index in [2.05, 4.69) is 36.4 Å². The van der Waals surface area contributed by atoms with Gasteiger partial charge in [0.25, 0.3) is 5.91 Å². The first-order valence-electron chi connectivity index (χ1n) is 12.1. The van der Waals surface area contributed by atoms with Crippen LogP contribution in [0.4, 0.5) is 28.6 Å². The highest BCUT2D eigenvalue weighted by atomic mass is 32.1. The summed E-state index contributed by atoms with van der Waals surface area (Å²) in [4.78, 5) is 50.5. The summed E-state index contributed by atoms with van der Waals surface area (Å²) in [5, 5.41) is 15.5. The Balaban J connectivity index is 1.59. The zero-order chi connectivity index (χ0) is 28.9. The summed E-state index contributed by atoms with van der Waals surface area (Å²) >= 11 is 0.757. The Hall–Kier alpha value is -4.31. The molecule has 40 heavy (non-hydrogen) atoms. The molecule has 212 valence electrons. The lowest BCUT2D eigenvalue weighted by Gasteiger charge is -2.29. The average Bonchev–Trinajstić information content (AvgIpc) is 3.43. The second-order valence-corrected chi connectivity index (χ2v) is 9.56. The molecular formula is C24H25F3N8O4S.